The van der Waals surface area contributed by atoms with Gasteiger partial charge in [-0.25, -0.2) is 9.97 Å². The summed E-state index contributed by atoms with van der Waals surface area (Å²) in [5.74, 6) is -0.0731. The quantitative estimate of drug-likeness (QED) is 0.526. The fourth-order valence-corrected chi connectivity index (χ4v) is 3.44. The number of hydrogen-bond acceptors (Lipinski definition) is 5. The van der Waals surface area contributed by atoms with E-state index in [1.165, 1.54) is 10.9 Å². The first-order chi connectivity index (χ1) is 11.6. The lowest BCUT2D eigenvalue weighted by molar-refractivity contribution is 0.0984. The summed E-state index contributed by atoms with van der Waals surface area (Å²) in [7, 11) is 1.71. The summed E-state index contributed by atoms with van der Waals surface area (Å²) in [4.78, 5) is 21.3. The van der Waals surface area contributed by atoms with Gasteiger partial charge in [0.2, 0.25) is 0 Å². The molecule has 0 atom stereocenters. The van der Waals surface area contributed by atoms with E-state index in [-0.39, 0.29) is 12.2 Å². The summed E-state index contributed by atoms with van der Waals surface area (Å²) in [5.41, 5.74) is 2.90. The molecule has 0 aromatic carbocycles. The molecule has 0 aliphatic rings. The smallest absolute Gasteiger partial charge is 0.186 e. The number of imidazole rings is 1. The molecule has 24 heavy (non-hydrogen) atoms. The van der Waals surface area contributed by atoms with Crippen molar-refractivity contribution >= 4 is 34.4 Å². The zero-order chi connectivity index (χ0) is 16.7. The summed E-state index contributed by atoms with van der Waals surface area (Å²) < 4.78 is 3.42. The van der Waals surface area contributed by atoms with E-state index < -0.39 is 0 Å². The van der Waals surface area contributed by atoms with Gasteiger partial charge in [-0.05, 0) is 17.7 Å². The number of carbonyl (C=O) groups is 1. The van der Waals surface area contributed by atoms with Gasteiger partial charge < -0.3 is 4.40 Å². The second-order valence-electron chi connectivity index (χ2n) is 5.33. The van der Waals surface area contributed by atoms with Crippen LogP contribution in [0.3, 0.4) is 0 Å². The molecule has 0 radical (unpaired) electrons. The molecule has 4 heterocycles. The summed E-state index contributed by atoms with van der Waals surface area (Å²) in [6.45, 7) is 0. The maximum atomic E-state index is 12.5. The third kappa shape index (κ3) is 2.61. The van der Waals surface area contributed by atoms with Crippen LogP contribution in [0, 0.1) is 0 Å². The predicted octanol–water partition coefficient (Wildman–Crippen LogP) is 3.27. The highest BCUT2D eigenvalue weighted by Gasteiger charge is 2.16. The Morgan fingerprint density at radius 2 is 2.29 bits per heavy atom. The highest BCUT2D eigenvalue weighted by molar-refractivity contribution is 7.13. The van der Waals surface area contributed by atoms with Crippen LogP contribution < -0.4 is 0 Å². The van der Waals surface area contributed by atoms with E-state index >= 15 is 0 Å². The number of rotatable bonds is 4. The number of thiazole rings is 1. The monoisotopic (exact) mass is 357 g/mol. The molecule has 0 bridgehead atoms. The van der Waals surface area contributed by atoms with E-state index in [0.717, 1.165) is 21.9 Å². The number of aryl methyl sites for hydroxylation is 1. The molecular formula is C16H12ClN5OS. The molecule has 4 rings (SSSR count). The number of ketones is 1. The van der Waals surface area contributed by atoms with E-state index in [1.54, 1.807) is 24.6 Å². The van der Waals surface area contributed by atoms with E-state index in [0.29, 0.717) is 10.7 Å². The third-order valence-electron chi connectivity index (χ3n) is 3.70. The number of nitrogens with zero attached hydrogens (tertiary/aromatic N) is 5. The number of halogens is 1. The van der Waals surface area contributed by atoms with E-state index in [4.69, 9.17) is 11.6 Å². The topological polar surface area (TPSA) is 65.1 Å². The highest BCUT2D eigenvalue weighted by atomic mass is 35.5. The summed E-state index contributed by atoms with van der Waals surface area (Å²) in [6.07, 6.45) is 7.30. The standard InChI is InChI=1S/C16H12ClN5OS/c1-21-15(11(17)8-19-21)13(23)6-10-2-4-22-9-12(20-14(22)7-10)16-18-3-5-24-16/h2-5,7-9H,6H2,1H3. The molecule has 0 spiro atoms. The first-order valence-electron chi connectivity index (χ1n) is 7.20. The average Bonchev–Trinajstić information content (AvgIpc) is 3.26. The molecule has 4 aromatic heterocycles. The molecule has 6 nitrogen and oxygen atoms in total. The van der Waals surface area contributed by atoms with Crippen LogP contribution in [0.5, 0.6) is 0 Å². The molecule has 0 saturated heterocycles. The minimum absolute atomic E-state index is 0.0731. The van der Waals surface area contributed by atoms with Crippen molar-refractivity contribution in [1.82, 2.24) is 24.1 Å². The Bertz CT molecular complexity index is 1010. The summed E-state index contributed by atoms with van der Waals surface area (Å²) in [5, 5.41) is 7.16. The van der Waals surface area contributed by atoms with Gasteiger partial charge in [0.15, 0.2) is 5.78 Å². The highest BCUT2D eigenvalue weighted by Crippen LogP contribution is 2.22. The summed E-state index contributed by atoms with van der Waals surface area (Å²) >= 11 is 7.58. The second kappa shape index (κ2) is 5.85. The molecule has 0 amide bonds. The van der Waals surface area contributed by atoms with Gasteiger partial charge in [0.05, 0.1) is 11.2 Å². The van der Waals surface area contributed by atoms with Crippen LogP contribution in [0.4, 0.5) is 0 Å². The number of pyridine rings is 1. The number of fused-ring (bicyclic) bond motifs is 1. The van der Waals surface area contributed by atoms with Crippen molar-refractivity contribution in [2.45, 2.75) is 6.42 Å². The van der Waals surface area contributed by atoms with E-state index in [2.05, 4.69) is 15.1 Å². The van der Waals surface area contributed by atoms with E-state index in [1.807, 2.05) is 34.3 Å². The Morgan fingerprint density at radius 1 is 1.42 bits per heavy atom. The molecule has 0 saturated carbocycles. The molecule has 8 heteroatoms. The predicted molar refractivity (Wildman–Crippen MR) is 92.6 cm³/mol. The van der Waals surface area contributed by atoms with Crippen molar-refractivity contribution in [2.24, 2.45) is 7.05 Å². The first-order valence-corrected chi connectivity index (χ1v) is 8.46. The van der Waals surface area contributed by atoms with Gasteiger partial charge >= 0.3 is 0 Å². The van der Waals surface area contributed by atoms with Crippen LogP contribution in [0.2, 0.25) is 5.02 Å². The maximum Gasteiger partial charge on any atom is 0.186 e. The Balaban J connectivity index is 1.64. The van der Waals surface area contributed by atoms with Crippen molar-refractivity contribution in [2.75, 3.05) is 0 Å². The molecule has 0 fully saturated rings. The van der Waals surface area contributed by atoms with Crippen molar-refractivity contribution in [1.29, 1.82) is 0 Å². The number of aromatic nitrogens is 5. The van der Waals surface area contributed by atoms with Crippen LogP contribution in [0.25, 0.3) is 16.3 Å². The van der Waals surface area contributed by atoms with Crippen LogP contribution in [-0.4, -0.2) is 29.9 Å². The van der Waals surface area contributed by atoms with Crippen LogP contribution >= 0.6 is 22.9 Å². The van der Waals surface area contributed by atoms with Crippen LogP contribution in [0.15, 0.2) is 42.3 Å². The molecule has 120 valence electrons. The molecule has 0 N–H and O–H groups in total. The maximum absolute atomic E-state index is 12.5. The molecule has 4 aromatic rings. The SMILES string of the molecule is Cn1ncc(Cl)c1C(=O)Cc1ccn2cc(-c3nccs3)nc2c1. The third-order valence-corrected chi connectivity index (χ3v) is 4.77. The number of carbonyl (C=O) groups excluding carboxylic acids is 1. The molecule has 0 aliphatic heterocycles. The van der Waals surface area contributed by atoms with Crippen LogP contribution in [0.1, 0.15) is 16.1 Å². The summed E-state index contributed by atoms with van der Waals surface area (Å²) in [6, 6.07) is 3.81. The second-order valence-corrected chi connectivity index (χ2v) is 6.63. The minimum Gasteiger partial charge on any atom is -0.306 e. The van der Waals surface area contributed by atoms with Crippen molar-refractivity contribution in [3.63, 3.8) is 0 Å². The normalized spacial score (nSPS) is 11.2. The zero-order valence-corrected chi connectivity index (χ0v) is 14.3. The largest absolute Gasteiger partial charge is 0.306 e. The van der Waals surface area contributed by atoms with Crippen molar-refractivity contribution in [3.8, 4) is 10.7 Å². The van der Waals surface area contributed by atoms with Gasteiger partial charge in [-0.2, -0.15) is 5.10 Å². The van der Waals surface area contributed by atoms with Gasteiger partial charge in [-0.1, -0.05) is 11.6 Å². The fraction of sp³-hybridized carbons (Fsp3) is 0.125. The van der Waals surface area contributed by atoms with Gasteiger partial charge in [-0.3, -0.25) is 9.48 Å². The molecular weight excluding hydrogens is 346 g/mol. The Kier molecular flexibility index (Phi) is 3.66. The van der Waals surface area contributed by atoms with Gasteiger partial charge in [-0.15, -0.1) is 11.3 Å². The van der Waals surface area contributed by atoms with Crippen molar-refractivity contribution in [3.05, 3.63) is 58.6 Å². The van der Waals surface area contributed by atoms with E-state index in [9.17, 15) is 4.79 Å². The Labute approximate surface area is 146 Å². The molecule has 0 aliphatic carbocycles. The zero-order valence-electron chi connectivity index (χ0n) is 12.7. The first kappa shape index (κ1) is 15.0. The van der Waals surface area contributed by atoms with Gasteiger partial charge in [0.1, 0.15) is 22.0 Å². The lowest BCUT2D eigenvalue weighted by atomic mass is 10.1. The van der Waals surface area contributed by atoms with Gasteiger partial charge in [0, 0.05) is 37.4 Å². The lowest BCUT2D eigenvalue weighted by Crippen LogP contribution is -2.10. The number of hydrogen-bond donors (Lipinski definition) is 0. The Morgan fingerprint density at radius 3 is 3.00 bits per heavy atom. The Hall–Kier alpha value is -2.51. The number of Topliss-reactive ketones (excluding diaryl/α,β-unsaturated/α-hetero) is 1. The average molecular weight is 358 g/mol. The van der Waals surface area contributed by atoms with Crippen LogP contribution in [-0.2, 0) is 13.5 Å². The molecule has 0 unspecified atom stereocenters. The van der Waals surface area contributed by atoms with Gasteiger partial charge in [0.25, 0.3) is 0 Å². The fourth-order valence-electron chi connectivity index (χ4n) is 2.58. The lowest BCUT2D eigenvalue weighted by Gasteiger charge is -2.03. The minimum atomic E-state index is -0.0731. The van der Waals surface area contributed by atoms with Crippen molar-refractivity contribution < 1.29 is 4.79 Å².